The molecular formula is C10H12N4. The van der Waals surface area contributed by atoms with Crippen LogP contribution in [0.25, 0.3) is 11.2 Å². The molecule has 0 aliphatic heterocycles. The minimum atomic E-state index is 0.487. The van der Waals surface area contributed by atoms with E-state index in [-0.39, 0.29) is 0 Å². The molecule has 0 aromatic carbocycles. The first-order valence-corrected chi connectivity index (χ1v) is 4.90. The van der Waals surface area contributed by atoms with E-state index in [0.717, 1.165) is 23.4 Å². The molecule has 1 N–H and O–H groups in total. The van der Waals surface area contributed by atoms with E-state index in [4.69, 9.17) is 0 Å². The van der Waals surface area contributed by atoms with E-state index < -0.39 is 0 Å². The minimum absolute atomic E-state index is 0.487. The van der Waals surface area contributed by atoms with Crippen molar-refractivity contribution in [2.45, 2.75) is 26.2 Å². The van der Waals surface area contributed by atoms with E-state index in [0.29, 0.717) is 5.41 Å². The maximum atomic E-state index is 4.43. The van der Waals surface area contributed by atoms with Gasteiger partial charge >= 0.3 is 0 Å². The van der Waals surface area contributed by atoms with Gasteiger partial charge in [-0.05, 0) is 18.3 Å². The van der Waals surface area contributed by atoms with Crippen molar-refractivity contribution in [1.29, 1.82) is 0 Å². The fourth-order valence-corrected chi connectivity index (χ4v) is 1.69. The first-order valence-electron chi connectivity index (χ1n) is 4.90. The number of imidazole rings is 1. The standard InChI is InChI=1S/C10H12N4/c1-10(2-3-10)4-8-13-7-5-11-6-12-9(7)14-8/h5-6H,2-4H2,1H3,(H,11,12,13,14). The van der Waals surface area contributed by atoms with Crippen LogP contribution in [0.1, 0.15) is 25.6 Å². The number of nitrogens with one attached hydrogen (secondary N) is 1. The largest absolute Gasteiger partial charge is 0.339 e. The normalized spacial score (nSPS) is 18.6. The van der Waals surface area contributed by atoms with Crippen LogP contribution in [0.15, 0.2) is 12.5 Å². The van der Waals surface area contributed by atoms with Gasteiger partial charge in [0.05, 0.1) is 6.20 Å². The Bertz CT molecular complexity index is 437. The van der Waals surface area contributed by atoms with Gasteiger partial charge in [0, 0.05) is 6.42 Å². The first-order chi connectivity index (χ1) is 6.75. The summed E-state index contributed by atoms with van der Waals surface area (Å²) in [7, 11) is 0. The topological polar surface area (TPSA) is 54.5 Å². The van der Waals surface area contributed by atoms with Crippen LogP contribution in [-0.4, -0.2) is 19.9 Å². The maximum Gasteiger partial charge on any atom is 0.180 e. The number of nitrogens with zero attached hydrogens (tertiary/aromatic N) is 3. The van der Waals surface area contributed by atoms with Gasteiger partial charge in [0.15, 0.2) is 5.65 Å². The molecule has 0 bridgehead atoms. The molecule has 1 aliphatic rings. The van der Waals surface area contributed by atoms with Crippen LogP contribution in [0, 0.1) is 5.41 Å². The predicted octanol–water partition coefficient (Wildman–Crippen LogP) is 1.70. The number of H-pyrrole nitrogens is 1. The van der Waals surface area contributed by atoms with Crippen LogP contribution in [0.3, 0.4) is 0 Å². The number of aromatic amines is 1. The average Bonchev–Trinajstić information content (AvgIpc) is 2.77. The fraction of sp³-hybridized carbons (Fsp3) is 0.500. The molecule has 0 saturated heterocycles. The van der Waals surface area contributed by atoms with Crippen LogP contribution >= 0.6 is 0 Å². The summed E-state index contributed by atoms with van der Waals surface area (Å²) < 4.78 is 0. The lowest BCUT2D eigenvalue weighted by molar-refractivity contribution is 0.554. The van der Waals surface area contributed by atoms with E-state index in [9.17, 15) is 0 Å². The Morgan fingerprint density at radius 1 is 1.50 bits per heavy atom. The Hall–Kier alpha value is -1.45. The number of aromatic nitrogens is 4. The highest BCUT2D eigenvalue weighted by Gasteiger charge is 2.38. The lowest BCUT2D eigenvalue weighted by Crippen LogP contribution is -2.00. The molecular weight excluding hydrogens is 176 g/mol. The van der Waals surface area contributed by atoms with Gasteiger partial charge in [-0.25, -0.2) is 15.0 Å². The monoisotopic (exact) mass is 188 g/mol. The summed E-state index contributed by atoms with van der Waals surface area (Å²) in [6, 6.07) is 0. The van der Waals surface area contributed by atoms with Crippen molar-refractivity contribution < 1.29 is 0 Å². The molecule has 4 nitrogen and oxygen atoms in total. The molecule has 3 rings (SSSR count). The number of hydrogen-bond donors (Lipinski definition) is 1. The molecule has 0 radical (unpaired) electrons. The summed E-state index contributed by atoms with van der Waals surface area (Å²) in [6.07, 6.45) is 6.97. The minimum Gasteiger partial charge on any atom is -0.339 e. The van der Waals surface area contributed by atoms with E-state index in [2.05, 4.69) is 26.9 Å². The average molecular weight is 188 g/mol. The summed E-state index contributed by atoms with van der Waals surface area (Å²) in [5, 5.41) is 0. The number of rotatable bonds is 2. The van der Waals surface area contributed by atoms with Crippen LogP contribution in [0.4, 0.5) is 0 Å². The van der Waals surface area contributed by atoms with Gasteiger partial charge < -0.3 is 4.98 Å². The van der Waals surface area contributed by atoms with Crippen LogP contribution in [0.5, 0.6) is 0 Å². The van der Waals surface area contributed by atoms with Gasteiger partial charge in [0.1, 0.15) is 17.7 Å². The third kappa shape index (κ3) is 1.27. The van der Waals surface area contributed by atoms with E-state index in [1.54, 1.807) is 6.20 Å². The van der Waals surface area contributed by atoms with E-state index in [1.807, 2.05) is 0 Å². The second-order valence-corrected chi connectivity index (χ2v) is 4.43. The summed E-state index contributed by atoms with van der Waals surface area (Å²) >= 11 is 0. The zero-order valence-electron chi connectivity index (χ0n) is 8.12. The van der Waals surface area contributed by atoms with Gasteiger partial charge in [-0.2, -0.15) is 0 Å². The molecule has 2 aromatic heterocycles. The lowest BCUT2D eigenvalue weighted by Gasteiger charge is -2.02. The second kappa shape index (κ2) is 2.53. The van der Waals surface area contributed by atoms with Gasteiger partial charge in [-0.1, -0.05) is 6.92 Å². The molecule has 0 spiro atoms. The predicted molar refractivity (Wildman–Crippen MR) is 52.7 cm³/mol. The van der Waals surface area contributed by atoms with Crippen molar-refractivity contribution in [3.8, 4) is 0 Å². The van der Waals surface area contributed by atoms with Crippen molar-refractivity contribution in [2.75, 3.05) is 0 Å². The third-order valence-electron chi connectivity index (χ3n) is 2.91. The van der Waals surface area contributed by atoms with Crippen molar-refractivity contribution in [1.82, 2.24) is 19.9 Å². The molecule has 1 saturated carbocycles. The Balaban J connectivity index is 1.98. The summed E-state index contributed by atoms with van der Waals surface area (Å²) in [4.78, 5) is 15.7. The molecule has 72 valence electrons. The number of hydrogen-bond acceptors (Lipinski definition) is 3. The van der Waals surface area contributed by atoms with Gasteiger partial charge in [-0.15, -0.1) is 0 Å². The molecule has 14 heavy (non-hydrogen) atoms. The smallest absolute Gasteiger partial charge is 0.180 e. The highest BCUT2D eigenvalue weighted by Crippen LogP contribution is 2.47. The summed E-state index contributed by atoms with van der Waals surface area (Å²) in [5.74, 6) is 1.04. The van der Waals surface area contributed by atoms with E-state index >= 15 is 0 Å². The Morgan fingerprint density at radius 3 is 3.07 bits per heavy atom. The van der Waals surface area contributed by atoms with E-state index in [1.165, 1.54) is 19.2 Å². The zero-order chi connectivity index (χ0) is 9.60. The van der Waals surface area contributed by atoms with Gasteiger partial charge in [0.25, 0.3) is 0 Å². The lowest BCUT2D eigenvalue weighted by atomic mass is 10.1. The SMILES string of the molecule is CC1(Cc2nc3ncncc3[nH]2)CC1. The summed E-state index contributed by atoms with van der Waals surface area (Å²) in [5.41, 5.74) is 2.20. The highest BCUT2D eigenvalue weighted by atomic mass is 15.0. The molecule has 0 unspecified atom stereocenters. The molecule has 4 heteroatoms. The van der Waals surface area contributed by atoms with Gasteiger partial charge in [-0.3, -0.25) is 0 Å². The summed E-state index contributed by atoms with van der Waals surface area (Å²) in [6.45, 7) is 2.30. The van der Waals surface area contributed by atoms with Crippen LogP contribution < -0.4 is 0 Å². The molecule has 1 fully saturated rings. The van der Waals surface area contributed by atoms with Crippen LogP contribution in [-0.2, 0) is 6.42 Å². The zero-order valence-corrected chi connectivity index (χ0v) is 8.12. The van der Waals surface area contributed by atoms with Crippen LogP contribution in [0.2, 0.25) is 0 Å². The first kappa shape index (κ1) is 7.91. The number of fused-ring (bicyclic) bond motifs is 1. The second-order valence-electron chi connectivity index (χ2n) is 4.43. The fourth-order valence-electron chi connectivity index (χ4n) is 1.69. The van der Waals surface area contributed by atoms with Gasteiger partial charge in [0.2, 0.25) is 0 Å². The van der Waals surface area contributed by atoms with Crippen molar-refractivity contribution in [3.63, 3.8) is 0 Å². The van der Waals surface area contributed by atoms with Crippen molar-refractivity contribution in [2.24, 2.45) is 5.41 Å². The van der Waals surface area contributed by atoms with Crippen molar-refractivity contribution >= 4 is 11.2 Å². The molecule has 1 aliphatic carbocycles. The highest BCUT2D eigenvalue weighted by molar-refractivity contribution is 5.68. The van der Waals surface area contributed by atoms with Crippen molar-refractivity contribution in [3.05, 3.63) is 18.3 Å². The Morgan fingerprint density at radius 2 is 2.36 bits per heavy atom. The Labute approximate surface area is 81.8 Å². The quantitative estimate of drug-likeness (QED) is 0.780. The molecule has 0 atom stereocenters. The molecule has 0 amide bonds. The maximum absolute atomic E-state index is 4.43. The molecule has 2 heterocycles. The molecule has 2 aromatic rings. The Kier molecular flexibility index (Phi) is 1.43. The third-order valence-corrected chi connectivity index (χ3v) is 2.91.